The Morgan fingerprint density at radius 1 is 1.21 bits per heavy atom. The quantitative estimate of drug-likeness (QED) is 0.784. The molecular weight excluding hydrogens is 244 g/mol. The van der Waals surface area contributed by atoms with Crippen LogP contribution in [0.25, 0.3) is 0 Å². The number of rotatable bonds is 8. The van der Waals surface area contributed by atoms with Gasteiger partial charge in [0.05, 0.1) is 19.1 Å². The molecule has 19 heavy (non-hydrogen) atoms. The van der Waals surface area contributed by atoms with Crippen molar-refractivity contribution in [1.82, 2.24) is 0 Å². The maximum atomic E-state index is 11.3. The number of carboxylic acids is 1. The normalized spacial score (nSPS) is 13.6. The van der Waals surface area contributed by atoms with E-state index in [-0.39, 0.29) is 0 Å². The molecule has 106 valence electrons. The van der Waals surface area contributed by atoms with Gasteiger partial charge < -0.3 is 14.6 Å². The fraction of sp³-hybridized carbons (Fsp3) is 0.533. The van der Waals surface area contributed by atoms with E-state index < -0.39 is 11.4 Å². The summed E-state index contributed by atoms with van der Waals surface area (Å²) in [5.41, 5.74) is -0.707. The van der Waals surface area contributed by atoms with Crippen LogP contribution in [0.5, 0.6) is 11.5 Å². The zero-order chi connectivity index (χ0) is 14.3. The molecule has 1 unspecified atom stereocenters. The molecule has 0 aliphatic heterocycles. The molecule has 0 aliphatic rings. The highest BCUT2D eigenvalue weighted by atomic mass is 16.5. The second-order valence-corrected chi connectivity index (χ2v) is 4.89. The lowest BCUT2D eigenvalue weighted by Crippen LogP contribution is -2.29. The van der Waals surface area contributed by atoms with Crippen molar-refractivity contribution in [3.63, 3.8) is 0 Å². The van der Waals surface area contributed by atoms with E-state index in [4.69, 9.17) is 9.47 Å². The van der Waals surface area contributed by atoms with Crippen molar-refractivity contribution in [1.29, 1.82) is 0 Å². The summed E-state index contributed by atoms with van der Waals surface area (Å²) in [7, 11) is 1.61. The first-order chi connectivity index (χ1) is 9.01. The summed E-state index contributed by atoms with van der Waals surface area (Å²) >= 11 is 0. The van der Waals surface area contributed by atoms with Crippen LogP contribution in [0.2, 0.25) is 0 Å². The van der Waals surface area contributed by atoms with Crippen molar-refractivity contribution in [2.75, 3.05) is 13.7 Å². The van der Waals surface area contributed by atoms with Crippen molar-refractivity contribution in [3.05, 3.63) is 24.3 Å². The number of ether oxygens (including phenoxy) is 2. The molecule has 0 radical (unpaired) electrons. The summed E-state index contributed by atoms with van der Waals surface area (Å²) in [5, 5.41) is 9.26. The van der Waals surface area contributed by atoms with Gasteiger partial charge in [-0.3, -0.25) is 4.79 Å². The van der Waals surface area contributed by atoms with Crippen LogP contribution in [0, 0.1) is 5.41 Å². The van der Waals surface area contributed by atoms with Crippen LogP contribution in [0.3, 0.4) is 0 Å². The van der Waals surface area contributed by atoms with E-state index in [1.165, 1.54) is 0 Å². The summed E-state index contributed by atoms with van der Waals surface area (Å²) in [6, 6.07) is 7.27. The van der Waals surface area contributed by atoms with Crippen LogP contribution in [0.1, 0.15) is 33.1 Å². The second kappa shape index (κ2) is 7.02. The minimum Gasteiger partial charge on any atom is -0.497 e. The minimum absolute atomic E-state index is 0.398. The Kier molecular flexibility index (Phi) is 5.67. The molecule has 0 fully saturated rings. The fourth-order valence-corrected chi connectivity index (χ4v) is 1.96. The summed E-state index contributed by atoms with van der Waals surface area (Å²) < 4.78 is 10.6. The first kappa shape index (κ1) is 15.3. The van der Waals surface area contributed by atoms with E-state index >= 15 is 0 Å². The minimum atomic E-state index is -0.757. The van der Waals surface area contributed by atoms with Crippen LogP contribution in [-0.2, 0) is 4.79 Å². The number of aliphatic carboxylic acids is 1. The number of carbonyl (C=O) groups is 1. The topological polar surface area (TPSA) is 55.8 Å². The van der Waals surface area contributed by atoms with Crippen molar-refractivity contribution in [3.8, 4) is 11.5 Å². The summed E-state index contributed by atoms with van der Waals surface area (Å²) in [6.45, 7) is 4.16. The van der Waals surface area contributed by atoms with E-state index in [0.717, 1.165) is 17.9 Å². The number of hydrogen-bond donors (Lipinski definition) is 1. The summed E-state index contributed by atoms with van der Waals surface area (Å²) in [4.78, 5) is 11.3. The molecular formula is C15H22O4. The smallest absolute Gasteiger partial charge is 0.309 e. The maximum absolute atomic E-state index is 11.3. The Balaban J connectivity index is 2.49. The Bertz CT molecular complexity index is 399. The molecule has 4 heteroatoms. The fourth-order valence-electron chi connectivity index (χ4n) is 1.96. The molecule has 0 amide bonds. The third-order valence-electron chi connectivity index (χ3n) is 3.30. The molecule has 1 N–H and O–H groups in total. The Morgan fingerprint density at radius 3 is 2.26 bits per heavy atom. The molecule has 0 saturated carbocycles. The molecule has 0 saturated heterocycles. The van der Waals surface area contributed by atoms with E-state index in [1.807, 2.05) is 31.2 Å². The second-order valence-electron chi connectivity index (χ2n) is 4.89. The summed E-state index contributed by atoms with van der Waals surface area (Å²) in [6.07, 6.45) is 2.02. The molecule has 0 aliphatic carbocycles. The maximum Gasteiger partial charge on any atom is 0.309 e. The van der Waals surface area contributed by atoms with Gasteiger partial charge in [0.25, 0.3) is 0 Å². The first-order valence-electron chi connectivity index (χ1n) is 6.52. The highest BCUT2D eigenvalue weighted by molar-refractivity contribution is 5.74. The van der Waals surface area contributed by atoms with E-state index in [2.05, 4.69) is 0 Å². The average Bonchev–Trinajstić information content (AvgIpc) is 2.39. The Morgan fingerprint density at radius 2 is 1.79 bits per heavy atom. The van der Waals surface area contributed by atoms with Gasteiger partial charge >= 0.3 is 5.97 Å². The van der Waals surface area contributed by atoms with Gasteiger partial charge in [-0.25, -0.2) is 0 Å². The molecule has 0 heterocycles. The van der Waals surface area contributed by atoms with Crippen LogP contribution >= 0.6 is 0 Å². The molecule has 1 rings (SSSR count). The first-order valence-corrected chi connectivity index (χ1v) is 6.52. The summed E-state index contributed by atoms with van der Waals surface area (Å²) in [5.74, 6) is 0.742. The van der Waals surface area contributed by atoms with E-state index in [0.29, 0.717) is 19.4 Å². The molecule has 4 nitrogen and oxygen atoms in total. The zero-order valence-electron chi connectivity index (χ0n) is 11.8. The van der Waals surface area contributed by atoms with Crippen LogP contribution in [-0.4, -0.2) is 24.8 Å². The lowest BCUT2D eigenvalue weighted by molar-refractivity contribution is -0.149. The lowest BCUT2D eigenvalue weighted by atomic mass is 9.83. The average molecular weight is 266 g/mol. The lowest BCUT2D eigenvalue weighted by Gasteiger charge is -2.24. The predicted molar refractivity (Wildman–Crippen MR) is 73.8 cm³/mol. The van der Waals surface area contributed by atoms with Crippen molar-refractivity contribution in [2.24, 2.45) is 5.41 Å². The molecule has 0 bridgehead atoms. The highest BCUT2D eigenvalue weighted by Gasteiger charge is 2.31. The molecule has 0 aromatic heterocycles. The van der Waals surface area contributed by atoms with Gasteiger partial charge in [0.1, 0.15) is 11.5 Å². The number of benzene rings is 1. The number of methoxy groups -OCH3 is 1. The number of carboxylic acid groups (broad SMARTS) is 1. The predicted octanol–water partition coefficient (Wildman–Crippen LogP) is 3.36. The van der Waals surface area contributed by atoms with Gasteiger partial charge in [0.15, 0.2) is 0 Å². The largest absolute Gasteiger partial charge is 0.497 e. The van der Waals surface area contributed by atoms with E-state index in [1.54, 1.807) is 14.0 Å². The highest BCUT2D eigenvalue weighted by Crippen LogP contribution is 2.28. The zero-order valence-corrected chi connectivity index (χ0v) is 11.8. The van der Waals surface area contributed by atoms with Gasteiger partial charge in [-0.05, 0) is 44.0 Å². The van der Waals surface area contributed by atoms with Gasteiger partial charge in [-0.15, -0.1) is 0 Å². The number of hydrogen-bond acceptors (Lipinski definition) is 3. The van der Waals surface area contributed by atoms with Crippen LogP contribution in [0.15, 0.2) is 24.3 Å². The van der Waals surface area contributed by atoms with Gasteiger partial charge in [-0.1, -0.05) is 13.3 Å². The van der Waals surface area contributed by atoms with Crippen molar-refractivity contribution in [2.45, 2.75) is 33.1 Å². The van der Waals surface area contributed by atoms with Crippen molar-refractivity contribution >= 4 is 5.97 Å². The van der Waals surface area contributed by atoms with Gasteiger partial charge in [-0.2, -0.15) is 0 Å². The van der Waals surface area contributed by atoms with Gasteiger partial charge in [0, 0.05) is 0 Å². The Hall–Kier alpha value is -1.71. The standard InChI is InChI=1S/C15H22O4/c1-4-9-15(2,14(16)17)10-11-19-13-7-5-12(18-3)6-8-13/h5-8H,4,9-11H2,1-3H3,(H,16,17). The molecule has 0 spiro atoms. The van der Waals surface area contributed by atoms with Crippen LogP contribution < -0.4 is 9.47 Å². The monoisotopic (exact) mass is 266 g/mol. The molecule has 1 aromatic carbocycles. The van der Waals surface area contributed by atoms with Crippen LogP contribution in [0.4, 0.5) is 0 Å². The van der Waals surface area contributed by atoms with E-state index in [9.17, 15) is 9.90 Å². The third-order valence-corrected chi connectivity index (χ3v) is 3.30. The van der Waals surface area contributed by atoms with Gasteiger partial charge in [0.2, 0.25) is 0 Å². The SMILES string of the molecule is CCCC(C)(CCOc1ccc(OC)cc1)C(=O)O. The van der Waals surface area contributed by atoms with Crippen molar-refractivity contribution < 1.29 is 19.4 Å². The molecule has 1 aromatic rings. The third kappa shape index (κ3) is 4.47. The molecule has 1 atom stereocenters. The Labute approximate surface area is 114 Å².